The molecule has 3 heterocycles. The smallest absolute Gasteiger partial charge is 0.275 e. The lowest BCUT2D eigenvalue weighted by Crippen LogP contribution is -2.30. The Balaban J connectivity index is 1.31. The van der Waals surface area contributed by atoms with Crippen molar-refractivity contribution in [2.24, 2.45) is 0 Å². The van der Waals surface area contributed by atoms with Gasteiger partial charge in [-0.2, -0.15) is 5.10 Å². The zero-order valence-electron chi connectivity index (χ0n) is 17.3. The van der Waals surface area contributed by atoms with Gasteiger partial charge in [-0.25, -0.2) is 9.67 Å². The molecule has 0 spiro atoms. The van der Waals surface area contributed by atoms with E-state index in [-0.39, 0.29) is 18.0 Å². The van der Waals surface area contributed by atoms with Gasteiger partial charge in [0.2, 0.25) is 5.91 Å². The van der Waals surface area contributed by atoms with Gasteiger partial charge in [0.15, 0.2) is 0 Å². The van der Waals surface area contributed by atoms with Crippen LogP contribution >= 0.6 is 0 Å². The third-order valence-corrected chi connectivity index (χ3v) is 5.72. The molecular weight excluding hydrogens is 390 g/mol. The van der Waals surface area contributed by atoms with E-state index in [0.29, 0.717) is 11.1 Å². The summed E-state index contributed by atoms with van der Waals surface area (Å²) in [5.74, 6) is 0.844. The quantitative estimate of drug-likeness (QED) is 0.555. The van der Waals surface area contributed by atoms with Crippen molar-refractivity contribution in [2.45, 2.75) is 39.3 Å². The highest BCUT2D eigenvalue weighted by Gasteiger charge is 2.14. The molecular formula is C24H23N5O2. The molecule has 4 aromatic rings. The summed E-state index contributed by atoms with van der Waals surface area (Å²) in [4.78, 5) is 29.9. The van der Waals surface area contributed by atoms with E-state index in [1.54, 1.807) is 6.07 Å². The number of benzene rings is 2. The SMILES string of the molecule is Cc1nn(CC(=O)Nc2ccc(-c3cn4c(n3)CCCC4)cc2)c(=O)c2ccccc12. The van der Waals surface area contributed by atoms with Gasteiger partial charge in [0.05, 0.1) is 16.8 Å². The van der Waals surface area contributed by atoms with Crippen molar-refractivity contribution in [3.8, 4) is 11.3 Å². The second-order valence-corrected chi connectivity index (χ2v) is 7.91. The molecule has 156 valence electrons. The van der Waals surface area contributed by atoms with Crippen molar-refractivity contribution in [3.63, 3.8) is 0 Å². The largest absolute Gasteiger partial charge is 0.334 e. The zero-order chi connectivity index (χ0) is 21.4. The summed E-state index contributed by atoms with van der Waals surface area (Å²) >= 11 is 0. The highest BCUT2D eigenvalue weighted by atomic mass is 16.2. The molecule has 0 atom stereocenters. The van der Waals surface area contributed by atoms with Crippen LogP contribution in [0.15, 0.2) is 59.5 Å². The molecule has 1 amide bonds. The van der Waals surface area contributed by atoms with Crippen molar-refractivity contribution in [1.82, 2.24) is 19.3 Å². The van der Waals surface area contributed by atoms with Crippen LogP contribution in [0.2, 0.25) is 0 Å². The Hall–Kier alpha value is -3.74. The first kappa shape index (κ1) is 19.2. The Labute approximate surface area is 179 Å². The molecule has 7 nitrogen and oxygen atoms in total. The maximum Gasteiger partial charge on any atom is 0.275 e. The lowest BCUT2D eigenvalue weighted by Gasteiger charge is -2.11. The van der Waals surface area contributed by atoms with Crippen molar-refractivity contribution < 1.29 is 4.79 Å². The van der Waals surface area contributed by atoms with Crippen LogP contribution in [0.5, 0.6) is 0 Å². The van der Waals surface area contributed by atoms with E-state index in [1.165, 1.54) is 17.5 Å². The molecule has 31 heavy (non-hydrogen) atoms. The van der Waals surface area contributed by atoms with Crippen LogP contribution in [0.1, 0.15) is 24.4 Å². The number of fused-ring (bicyclic) bond motifs is 2. The number of hydrogen-bond acceptors (Lipinski definition) is 4. The van der Waals surface area contributed by atoms with Gasteiger partial charge < -0.3 is 9.88 Å². The minimum atomic E-state index is -0.297. The van der Waals surface area contributed by atoms with Gasteiger partial charge >= 0.3 is 0 Å². The van der Waals surface area contributed by atoms with E-state index in [0.717, 1.165) is 41.1 Å². The summed E-state index contributed by atoms with van der Waals surface area (Å²) in [7, 11) is 0. The fraction of sp³-hybridized carbons (Fsp3) is 0.250. The standard InChI is InChI=1S/C24H23N5O2/c1-16-19-6-2-3-7-20(19)24(31)29(27-16)15-23(30)25-18-11-9-17(10-12-18)21-14-28-13-5-4-8-22(28)26-21/h2-3,6-7,9-12,14H,4-5,8,13,15H2,1H3,(H,25,30). The van der Waals surface area contributed by atoms with E-state index >= 15 is 0 Å². The van der Waals surface area contributed by atoms with Crippen LogP contribution in [0.4, 0.5) is 5.69 Å². The summed E-state index contributed by atoms with van der Waals surface area (Å²) < 4.78 is 3.45. The molecule has 1 N–H and O–H groups in total. The first-order chi connectivity index (χ1) is 15.1. The number of rotatable bonds is 4. The minimum Gasteiger partial charge on any atom is -0.334 e. The second-order valence-electron chi connectivity index (χ2n) is 7.91. The van der Waals surface area contributed by atoms with Gasteiger partial charge in [0, 0.05) is 35.8 Å². The first-order valence-corrected chi connectivity index (χ1v) is 10.5. The minimum absolute atomic E-state index is 0.139. The second kappa shape index (κ2) is 7.83. The van der Waals surface area contributed by atoms with Crippen LogP contribution in [0.3, 0.4) is 0 Å². The molecule has 0 radical (unpaired) electrons. The van der Waals surface area contributed by atoms with Crippen molar-refractivity contribution in [3.05, 3.63) is 76.6 Å². The number of aryl methyl sites for hydroxylation is 3. The molecule has 2 aromatic carbocycles. The topological polar surface area (TPSA) is 81.8 Å². The summed E-state index contributed by atoms with van der Waals surface area (Å²) in [5.41, 5.74) is 3.09. The number of amides is 1. The number of anilines is 1. The number of aromatic nitrogens is 4. The van der Waals surface area contributed by atoms with E-state index in [4.69, 9.17) is 4.98 Å². The third kappa shape index (κ3) is 3.74. The maximum atomic E-state index is 12.7. The molecule has 5 rings (SSSR count). The number of hydrogen-bond donors (Lipinski definition) is 1. The Morgan fingerprint density at radius 3 is 2.61 bits per heavy atom. The Morgan fingerprint density at radius 1 is 1.06 bits per heavy atom. The van der Waals surface area contributed by atoms with E-state index < -0.39 is 0 Å². The first-order valence-electron chi connectivity index (χ1n) is 10.5. The van der Waals surface area contributed by atoms with Crippen molar-refractivity contribution in [1.29, 1.82) is 0 Å². The molecule has 0 saturated carbocycles. The average Bonchev–Trinajstić information content (AvgIpc) is 3.22. The van der Waals surface area contributed by atoms with Crippen molar-refractivity contribution >= 4 is 22.4 Å². The lowest BCUT2D eigenvalue weighted by molar-refractivity contribution is -0.117. The Bertz CT molecular complexity index is 1310. The molecule has 0 aliphatic carbocycles. The molecule has 0 unspecified atom stereocenters. The highest BCUT2D eigenvalue weighted by Crippen LogP contribution is 2.24. The van der Waals surface area contributed by atoms with Gasteiger partial charge in [-0.1, -0.05) is 30.3 Å². The average molecular weight is 413 g/mol. The Kier molecular flexibility index (Phi) is 4.86. The van der Waals surface area contributed by atoms with Crippen LogP contribution in [-0.4, -0.2) is 25.2 Å². The summed E-state index contributed by atoms with van der Waals surface area (Å²) in [6.45, 7) is 2.72. The number of carbonyl (C=O) groups excluding carboxylic acids is 1. The number of carbonyl (C=O) groups is 1. The van der Waals surface area contributed by atoms with Crippen LogP contribution < -0.4 is 10.9 Å². The molecule has 0 saturated heterocycles. The molecule has 0 bridgehead atoms. The maximum absolute atomic E-state index is 12.7. The number of imidazole rings is 1. The van der Waals surface area contributed by atoms with Gasteiger partial charge in [0.1, 0.15) is 12.4 Å². The molecule has 2 aromatic heterocycles. The summed E-state index contributed by atoms with van der Waals surface area (Å²) in [6, 6.07) is 14.9. The van der Waals surface area contributed by atoms with Crippen LogP contribution in [0, 0.1) is 6.92 Å². The highest BCUT2D eigenvalue weighted by molar-refractivity contribution is 5.91. The van der Waals surface area contributed by atoms with Gasteiger partial charge in [-0.05, 0) is 38.0 Å². The normalized spacial score (nSPS) is 13.2. The predicted octanol–water partition coefficient (Wildman–Crippen LogP) is 3.54. The molecule has 1 aliphatic heterocycles. The van der Waals surface area contributed by atoms with E-state index in [2.05, 4.69) is 21.2 Å². The molecule has 7 heteroatoms. The lowest BCUT2D eigenvalue weighted by atomic mass is 10.1. The fourth-order valence-corrected chi connectivity index (χ4v) is 4.12. The predicted molar refractivity (Wildman–Crippen MR) is 120 cm³/mol. The molecule has 0 fully saturated rings. The van der Waals surface area contributed by atoms with E-state index in [9.17, 15) is 9.59 Å². The van der Waals surface area contributed by atoms with Crippen LogP contribution in [-0.2, 0) is 24.3 Å². The van der Waals surface area contributed by atoms with Gasteiger partial charge in [-0.3, -0.25) is 9.59 Å². The van der Waals surface area contributed by atoms with Crippen molar-refractivity contribution in [2.75, 3.05) is 5.32 Å². The van der Waals surface area contributed by atoms with E-state index in [1.807, 2.05) is 49.4 Å². The fourth-order valence-electron chi connectivity index (χ4n) is 4.12. The van der Waals surface area contributed by atoms with Gasteiger partial charge in [0.25, 0.3) is 5.56 Å². The van der Waals surface area contributed by atoms with Gasteiger partial charge in [-0.15, -0.1) is 0 Å². The summed E-state index contributed by atoms with van der Waals surface area (Å²) in [5, 5.41) is 8.52. The zero-order valence-corrected chi connectivity index (χ0v) is 17.3. The van der Waals surface area contributed by atoms with Crippen LogP contribution in [0.25, 0.3) is 22.0 Å². The number of nitrogens with zero attached hydrogens (tertiary/aromatic N) is 4. The number of nitrogens with one attached hydrogen (secondary N) is 1. The monoisotopic (exact) mass is 413 g/mol. The third-order valence-electron chi connectivity index (χ3n) is 5.72. The Morgan fingerprint density at radius 2 is 1.84 bits per heavy atom. The molecule has 1 aliphatic rings. The summed E-state index contributed by atoms with van der Waals surface area (Å²) in [6.07, 6.45) is 5.51.